The van der Waals surface area contributed by atoms with Crippen molar-refractivity contribution in [2.24, 2.45) is 0 Å². The summed E-state index contributed by atoms with van der Waals surface area (Å²) in [4.78, 5) is 19.1. The van der Waals surface area contributed by atoms with Gasteiger partial charge in [0.25, 0.3) is 0 Å². The van der Waals surface area contributed by atoms with Crippen LogP contribution in [0, 0.1) is 0 Å². The predicted molar refractivity (Wildman–Crippen MR) is 119 cm³/mol. The number of hydrogen-bond acceptors (Lipinski definition) is 8. The second-order valence-electron chi connectivity index (χ2n) is 9.22. The van der Waals surface area contributed by atoms with Crippen LogP contribution in [-0.4, -0.2) is 79.8 Å². The molecule has 1 aromatic heterocycles. The van der Waals surface area contributed by atoms with Gasteiger partial charge in [0.2, 0.25) is 15.9 Å². The number of fused-ring (bicyclic) bond motifs is 7. The van der Waals surface area contributed by atoms with Crippen LogP contribution in [0.5, 0.6) is 5.88 Å². The Kier molecular flexibility index (Phi) is 7.42. The van der Waals surface area contributed by atoms with E-state index in [-0.39, 0.29) is 44.5 Å². The summed E-state index contributed by atoms with van der Waals surface area (Å²) in [5, 5.41) is 9.63. The van der Waals surface area contributed by atoms with Crippen LogP contribution in [-0.2, 0) is 26.1 Å². The lowest BCUT2D eigenvalue weighted by atomic mass is 9.84. The van der Waals surface area contributed by atoms with E-state index in [0.717, 1.165) is 43.2 Å². The monoisotopic (exact) mass is 483 g/mol. The first-order valence-corrected chi connectivity index (χ1v) is 13.4. The molecule has 1 unspecified atom stereocenters. The van der Waals surface area contributed by atoms with Gasteiger partial charge in [-0.25, -0.2) is 22.9 Å². The maximum Gasteiger partial charge on any atom is 0.410 e. The van der Waals surface area contributed by atoms with Crippen LogP contribution in [0.3, 0.4) is 0 Å². The molecule has 11 heteroatoms. The lowest BCUT2D eigenvalue weighted by Gasteiger charge is -2.33. The molecule has 2 fully saturated rings. The van der Waals surface area contributed by atoms with Crippen molar-refractivity contribution in [2.75, 3.05) is 26.1 Å². The number of amides is 1. The van der Waals surface area contributed by atoms with Gasteiger partial charge in [-0.3, -0.25) is 4.90 Å². The second-order valence-corrected chi connectivity index (χ2v) is 11.0. The molecule has 3 aliphatic heterocycles. The van der Waals surface area contributed by atoms with E-state index >= 15 is 0 Å². The zero-order valence-corrected chi connectivity index (χ0v) is 19.9. The lowest BCUT2D eigenvalue weighted by Crippen LogP contribution is -2.50. The van der Waals surface area contributed by atoms with E-state index in [2.05, 4.69) is 9.71 Å². The average Bonchev–Trinajstić information content (AvgIpc) is 3.07. The molecule has 1 saturated heterocycles. The largest absolute Gasteiger partial charge is 0.474 e. The summed E-state index contributed by atoms with van der Waals surface area (Å²) < 4.78 is 43.9. The van der Waals surface area contributed by atoms with Gasteiger partial charge < -0.3 is 19.3 Å². The number of sulfonamides is 1. The fourth-order valence-corrected chi connectivity index (χ4v) is 5.94. The summed E-state index contributed by atoms with van der Waals surface area (Å²) >= 11 is 0. The molecule has 5 rings (SSSR count). The summed E-state index contributed by atoms with van der Waals surface area (Å²) in [5.74, 6) is 0.662. The number of nitrogens with one attached hydrogen (secondary N) is 1. The van der Waals surface area contributed by atoms with E-state index in [1.54, 1.807) is 11.0 Å². The van der Waals surface area contributed by atoms with Crippen molar-refractivity contribution in [1.29, 1.82) is 0 Å². The van der Waals surface area contributed by atoms with E-state index < -0.39 is 28.2 Å². The van der Waals surface area contributed by atoms with Crippen molar-refractivity contribution >= 4 is 16.1 Å². The molecule has 1 aliphatic carbocycles. The third-order valence-electron chi connectivity index (χ3n) is 6.69. The van der Waals surface area contributed by atoms with Crippen molar-refractivity contribution in [3.05, 3.63) is 23.4 Å². The van der Waals surface area contributed by atoms with Gasteiger partial charge in [0, 0.05) is 29.8 Å². The van der Waals surface area contributed by atoms with Gasteiger partial charge in [-0.05, 0) is 50.7 Å². The molecule has 3 atom stereocenters. The number of aromatic nitrogens is 1. The maximum atomic E-state index is 12.9. The van der Waals surface area contributed by atoms with Crippen molar-refractivity contribution in [2.45, 2.75) is 75.8 Å². The molecule has 1 amide bonds. The fourth-order valence-electron chi connectivity index (χ4n) is 5.14. The minimum Gasteiger partial charge on any atom is -0.474 e. The van der Waals surface area contributed by atoms with E-state index in [1.807, 2.05) is 13.0 Å². The van der Waals surface area contributed by atoms with Crippen LogP contribution in [0.25, 0.3) is 0 Å². The first kappa shape index (κ1) is 24.2. The van der Waals surface area contributed by atoms with Crippen LogP contribution in [0.15, 0.2) is 12.1 Å². The van der Waals surface area contributed by atoms with Crippen LogP contribution >= 0.6 is 0 Å². The minimum absolute atomic E-state index is 0.0201. The number of aliphatic hydroxyl groups is 1. The van der Waals surface area contributed by atoms with Gasteiger partial charge in [-0.2, -0.15) is 0 Å². The molecular formula is C22H33N3O7S. The standard InChI is InChI=1S/C22H33N3O7S/c1-14-9-19(24-33(2,28)29)20-13-32-17-5-3-16(4-6-17)18-10-15(12-26)11-21(23-18)30-7-8-31-22(27)25(14)20/h10-11,14,16-17,19-20,24,26H,3-9,12-13H2,1-2H3/t14-,16?,17?,19+,20?/m1/s1. The van der Waals surface area contributed by atoms with Gasteiger partial charge in [0.15, 0.2) is 0 Å². The highest BCUT2D eigenvalue weighted by atomic mass is 32.2. The Morgan fingerprint density at radius 1 is 1.18 bits per heavy atom. The molecule has 0 spiro atoms. The quantitative estimate of drug-likeness (QED) is 0.663. The second kappa shape index (κ2) is 10.1. The predicted octanol–water partition coefficient (Wildman–Crippen LogP) is 1.53. The smallest absolute Gasteiger partial charge is 0.410 e. The average molecular weight is 484 g/mol. The van der Waals surface area contributed by atoms with Crippen LogP contribution in [0.2, 0.25) is 0 Å². The minimum atomic E-state index is -3.44. The third kappa shape index (κ3) is 5.95. The number of carbonyl (C=O) groups excluding carboxylic acids is 1. The van der Waals surface area contributed by atoms with Gasteiger partial charge >= 0.3 is 6.09 Å². The molecule has 0 aromatic carbocycles. The zero-order valence-electron chi connectivity index (χ0n) is 19.1. The number of pyridine rings is 1. The summed E-state index contributed by atoms with van der Waals surface area (Å²) in [6.07, 6.45) is 4.57. The summed E-state index contributed by atoms with van der Waals surface area (Å²) in [5.41, 5.74) is 1.64. The van der Waals surface area contributed by atoms with E-state index in [0.29, 0.717) is 12.3 Å². The Labute approximate surface area is 194 Å². The topological polar surface area (TPSA) is 127 Å². The molecule has 4 heterocycles. The summed E-state index contributed by atoms with van der Waals surface area (Å²) in [6.45, 7) is 2.15. The Bertz CT molecular complexity index is 949. The normalized spacial score (nSPS) is 31.1. The number of hydrogen-bond donors (Lipinski definition) is 2. The summed E-state index contributed by atoms with van der Waals surface area (Å²) in [6, 6.07) is 2.53. The highest BCUT2D eigenvalue weighted by Gasteiger charge is 2.44. The van der Waals surface area contributed by atoms with Gasteiger partial charge in [-0.1, -0.05) is 0 Å². The number of aliphatic hydroxyl groups excluding tert-OH is 1. The number of rotatable bonds is 3. The van der Waals surface area contributed by atoms with Crippen molar-refractivity contribution in [3.8, 4) is 5.88 Å². The van der Waals surface area contributed by atoms with Gasteiger partial charge in [0.05, 0.1) is 31.6 Å². The van der Waals surface area contributed by atoms with Gasteiger partial charge in [-0.15, -0.1) is 0 Å². The highest BCUT2D eigenvalue weighted by Crippen LogP contribution is 2.35. The van der Waals surface area contributed by atoms with Crippen LogP contribution in [0.1, 0.15) is 56.2 Å². The van der Waals surface area contributed by atoms with Crippen molar-refractivity contribution < 1.29 is 32.5 Å². The SMILES string of the molecule is C[C@@H]1C[C@H](NS(C)(=O)=O)C2COC3CCC(CC3)c3cc(CO)cc(n3)OCCOC(=O)N21. The molecular weight excluding hydrogens is 450 g/mol. The summed E-state index contributed by atoms with van der Waals surface area (Å²) in [7, 11) is -3.44. The third-order valence-corrected chi connectivity index (χ3v) is 7.42. The molecule has 1 aromatic rings. The lowest BCUT2D eigenvalue weighted by molar-refractivity contribution is -0.0118. The highest BCUT2D eigenvalue weighted by molar-refractivity contribution is 7.88. The molecule has 1 saturated carbocycles. The maximum absolute atomic E-state index is 12.9. The van der Waals surface area contributed by atoms with E-state index in [4.69, 9.17) is 14.2 Å². The van der Waals surface area contributed by atoms with Crippen LogP contribution in [0.4, 0.5) is 4.79 Å². The van der Waals surface area contributed by atoms with E-state index in [9.17, 15) is 18.3 Å². The zero-order chi connectivity index (χ0) is 23.6. The first-order chi connectivity index (χ1) is 15.7. The van der Waals surface area contributed by atoms with E-state index in [1.165, 1.54) is 0 Å². The molecule has 2 N–H and O–H groups in total. The van der Waals surface area contributed by atoms with Crippen molar-refractivity contribution in [1.82, 2.24) is 14.6 Å². The number of ether oxygens (including phenoxy) is 3. The fraction of sp³-hybridized carbons (Fsp3) is 0.727. The Balaban J connectivity index is 1.55. The molecule has 4 bridgehead atoms. The molecule has 184 valence electrons. The molecule has 33 heavy (non-hydrogen) atoms. The van der Waals surface area contributed by atoms with Crippen molar-refractivity contribution in [3.63, 3.8) is 0 Å². The first-order valence-electron chi connectivity index (χ1n) is 11.5. The Morgan fingerprint density at radius 2 is 1.91 bits per heavy atom. The molecule has 4 aliphatic rings. The Hall–Kier alpha value is -1.95. The van der Waals surface area contributed by atoms with Crippen LogP contribution < -0.4 is 9.46 Å². The number of carbonyl (C=O) groups is 1. The Morgan fingerprint density at radius 3 is 2.61 bits per heavy atom. The van der Waals surface area contributed by atoms with Gasteiger partial charge in [0.1, 0.15) is 13.2 Å². The molecule has 10 nitrogen and oxygen atoms in total. The number of nitrogens with zero attached hydrogens (tertiary/aromatic N) is 2. The molecule has 0 radical (unpaired) electrons.